The third kappa shape index (κ3) is 4.26. The molecule has 1 fully saturated rings. The lowest BCUT2D eigenvalue weighted by Crippen LogP contribution is -2.46. The van der Waals surface area contributed by atoms with E-state index in [1.54, 1.807) is 7.11 Å². The fourth-order valence-electron chi connectivity index (χ4n) is 3.16. The van der Waals surface area contributed by atoms with Crippen LogP contribution in [0.25, 0.3) is 0 Å². The van der Waals surface area contributed by atoms with Crippen LogP contribution in [-0.2, 0) is 4.74 Å². The molecule has 0 aliphatic heterocycles. The van der Waals surface area contributed by atoms with Crippen molar-refractivity contribution in [2.75, 3.05) is 13.7 Å². The van der Waals surface area contributed by atoms with Crippen LogP contribution in [0.2, 0.25) is 0 Å². The average Bonchev–Trinajstić information content (AvgIpc) is 2.49. The minimum Gasteiger partial charge on any atom is -0.385 e. The highest BCUT2D eigenvalue weighted by atomic mass is 16.5. The van der Waals surface area contributed by atoms with Crippen molar-refractivity contribution in [2.24, 2.45) is 23.5 Å². The molecule has 102 valence electrons. The molecule has 0 radical (unpaired) electrons. The van der Waals surface area contributed by atoms with Gasteiger partial charge in [-0.3, -0.25) is 0 Å². The number of ether oxygens (including phenoxy) is 1. The first-order chi connectivity index (χ1) is 7.99. The molecular formula is C15H31NO. The standard InChI is InChI=1S/C15H31NO/c1-12(2)14-6-5-9-15(16,10-7-14)13(3)8-11-17-4/h12-14H,5-11,16H2,1-4H3. The maximum atomic E-state index is 6.65. The molecule has 0 spiro atoms. The van der Waals surface area contributed by atoms with Gasteiger partial charge in [0.1, 0.15) is 0 Å². The van der Waals surface area contributed by atoms with Gasteiger partial charge in [0.15, 0.2) is 0 Å². The van der Waals surface area contributed by atoms with Gasteiger partial charge in [0.25, 0.3) is 0 Å². The Morgan fingerprint density at radius 3 is 2.53 bits per heavy atom. The molecule has 1 rings (SSSR count). The van der Waals surface area contributed by atoms with Crippen LogP contribution < -0.4 is 5.73 Å². The fraction of sp³-hybridized carbons (Fsp3) is 1.00. The van der Waals surface area contributed by atoms with Crippen molar-refractivity contribution in [1.82, 2.24) is 0 Å². The lowest BCUT2D eigenvalue weighted by molar-refractivity contribution is 0.147. The van der Waals surface area contributed by atoms with Crippen molar-refractivity contribution in [3.8, 4) is 0 Å². The summed E-state index contributed by atoms with van der Waals surface area (Å²) in [5.74, 6) is 2.27. The van der Waals surface area contributed by atoms with Gasteiger partial charge in [0.05, 0.1) is 0 Å². The summed E-state index contributed by atoms with van der Waals surface area (Å²) in [5, 5.41) is 0. The summed E-state index contributed by atoms with van der Waals surface area (Å²) >= 11 is 0. The van der Waals surface area contributed by atoms with E-state index in [-0.39, 0.29) is 5.54 Å². The third-order valence-corrected chi connectivity index (χ3v) is 4.88. The molecule has 17 heavy (non-hydrogen) atoms. The second-order valence-electron chi connectivity index (χ2n) is 6.35. The summed E-state index contributed by atoms with van der Waals surface area (Å²) in [4.78, 5) is 0. The van der Waals surface area contributed by atoms with Crippen LogP contribution in [0.4, 0.5) is 0 Å². The van der Waals surface area contributed by atoms with Crippen LogP contribution >= 0.6 is 0 Å². The minimum atomic E-state index is 0.0577. The van der Waals surface area contributed by atoms with Gasteiger partial charge in [-0.2, -0.15) is 0 Å². The van der Waals surface area contributed by atoms with Gasteiger partial charge in [-0.1, -0.05) is 33.6 Å². The van der Waals surface area contributed by atoms with Crippen LogP contribution in [0.5, 0.6) is 0 Å². The molecule has 3 atom stereocenters. The van der Waals surface area contributed by atoms with Crippen molar-refractivity contribution in [1.29, 1.82) is 0 Å². The first-order valence-corrected chi connectivity index (χ1v) is 7.27. The predicted molar refractivity (Wildman–Crippen MR) is 74.0 cm³/mol. The predicted octanol–water partition coefficient (Wildman–Crippen LogP) is 3.59. The minimum absolute atomic E-state index is 0.0577. The van der Waals surface area contributed by atoms with Crippen molar-refractivity contribution in [3.63, 3.8) is 0 Å². The molecule has 1 aliphatic carbocycles. The zero-order chi connectivity index (χ0) is 12.9. The van der Waals surface area contributed by atoms with E-state index < -0.39 is 0 Å². The molecule has 3 unspecified atom stereocenters. The quantitative estimate of drug-likeness (QED) is 0.747. The van der Waals surface area contributed by atoms with E-state index in [9.17, 15) is 0 Å². The van der Waals surface area contributed by atoms with E-state index in [0.717, 1.165) is 24.9 Å². The number of nitrogens with two attached hydrogens (primary N) is 1. The zero-order valence-electron chi connectivity index (χ0n) is 12.2. The Kier molecular flexibility index (Phi) is 5.94. The molecule has 0 amide bonds. The normalized spacial score (nSPS) is 32.5. The Morgan fingerprint density at radius 1 is 1.24 bits per heavy atom. The number of hydrogen-bond donors (Lipinski definition) is 1. The Labute approximate surface area is 107 Å². The van der Waals surface area contributed by atoms with Gasteiger partial charge < -0.3 is 10.5 Å². The van der Waals surface area contributed by atoms with E-state index in [0.29, 0.717) is 5.92 Å². The third-order valence-electron chi connectivity index (χ3n) is 4.88. The molecule has 2 heteroatoms. The summed E-state index contributed by atoms with van der Waals surface area (Å²) in [7, 11) is 1.78. The molecular weight excluding hydrogens is 210 g/mol. The highest BCUT2D eigenvalue weighted by molar-refractivity contribution is 4.92. The fourth-order valence-corrected chi connectivity index (χ4v) is 3.16. The maximum Gasteiger partial charge on any atom is 0.0465 e. The highest BCUT2D eigenvalue weighted by Gasteiger charge is 2.34. The molecule has 0 saturated heterocycles. The molecule has 1 saturated carbocycles. The average molecular weight is 241 g/mol. The van der Waals surface area contributed by atoms with E-state index in [2.05, 4.69) is 20.8 Å². The summed E-state index contributed by atoms with van der Waals surface area (Å²) in [5.41, 5.74) is 6.71. The summed E-state index contributed by atoms with van der Waals surface area (Å²) in [6, 6.07) is 0. The van der Waals surface area contributed by atoms with Crippen LogP contribution in [-0.4, -0.2) is 19.3 Å². The number of methoxy groups -OCH3 is 1. The first kappa shape index (κ1) is 15.0. The molecule has 1 aliphatic rings. The van der Waals surface area contributed by atoms with Crippen LogP contribution in [0.1, 0.15) is 59.3 Å². The largest absolute Gasteiger partial charge is 0.385 e. The Hall–Kier alpha value is -0.0800. The lowest BCUT2D eigenvalue weighted by atomic mass is 9.77. The summed E-state index contributed by atoms with van der Waals surface area (Å²) in [6.07, 6.45) is 7.47. The van der Waals surface area contributed by atoms with Gasteiger partial charge >= 0.3 is 0 Å². The topological polar surface area (TPSA) is 35.2 Å². The molecule has 0 aromatic carbocycles. The van der Waals surface area contributed by atoms with Crippen molar-refractivity contribution >= 4 is 0 Å². The van der Waals surface area contributed by atoms with Gasteiger partial charge in [-0.25, -0.2) is 0 Å². The Bertz CT molecular complexity index is 217. The maximum absolute atomic E-state index is 6.65. The SMILES string of the molecule is COCCC(C)C1(N)CCCC(C(C)C)CC1. The van der Waals surface area contributed by atoms with Crippen molar-refractivity contribution in [3.05, 3.63) is 0 Å². The number of hydrogen-bond acceptors (Lipinski definition) is 2. The van der Waals surface area contributed by atoms with Gasteiger partial charge in [0, 0.05) is 19.3 Å². The highest BCUT2D eigenvalue weighted by Crippen LogP contribution is 2.37. The van der Waals surface area contributed by atoms with Gasteiger partial charge in [0.2, 0.25) is 0 Å². The van der Waals surface area contributed by atoms with Gasteiger partial charge in [-0.15, -0.1) is 0 Å². The molecule has 2 nitrogen and oxygen atoms in total. The van der Waals surface area contributed by atoms with E-state index >= 15 is 0 Å². The lowest BCUT2D eigenvalue weighted by Gasteiger charge is -2.35. The number of rotatable bonds is 5. The second-order valence-corrected chi connectivity index (χ2v) is 6.35. The molecule has 0 aromatic rings. The van der Waals surface area contributed by atoms with Crippen LogP contribution in [0.3, 0.4) is 0 Å². The second kappa shape index (κ2) is 6.75. The van der Waals surface area contributed by atoms with Gasteiger partial charge in [-0.05, 0) is 43.4 Å². The van der Waals surface area contributed by atoms with Crippen LogP contribution in [0.15, 0.2) is 0 Å². The van der Waals surface area contributed by atoms with E-state index in [1.165, 1.54) is 32.1 Å². The van der Waals surface area contributed by atoms with E-state index in [4.69, 9.17) is 10.5 Å². The first-order valence-electron chi connectivity index (χ1n) is 7.27. The monoisotopic (exact) mass is 241 g/mol. The molecule has 0 heterocycles. The summed E-state index contributed by atoms with van der Waals surface area (Å²) < 4.78 is 5.18. The molecule has 2 N–H and O–H groups in total. The van der Waals surface area contributed by atoms with Crippen LogP contribution in [0, 0.1) is 17.8 Å². The molecule has 0 aromatic heterocycles. The van der Waals surface area contributed by atoms with Crippen molar-refractivity contribution < 1.29 is 4.74 Å². The smallest absolute Gasteiger partial charge is 0.0465 e. The zero-order valence-corrected chi connectivity index (χ0v) is 12.2. The van der Waals surface area contributed by atoms with Crippen molar-refractivity contribution in [2.45, 2.75) is 64.8 Å². The Balaban J connectivity index is 2.52. The summed E-state index contributed by atoms with van der Waals surface area (Å²) in [6.45, 7) is 7.84. The molecule has 0 bridgehead atoms. The Morgan fingerprint density at radius 2 is 1.94 bits per heavy atom. The van der Waals surface area contributed by atoms with E-state index in [1.807, 2.05) is 0 Å².